The molecule has 2 saturated carbocycles. The Hall–Kier alpha value is -0.0400. The Morgan fingerprint density at radius 2 is 1.69 bits per heavy atom. The maximum Gasteiger partial charge on any atom is 0.0601 e. The lowest BCUT2D eigenvalue weighted by molar-refractivity contribution is -0.00652. The predicted molar refractivity (Wildman–Crippen MR) is 68.3 cm³/mol. The van der Waals surface area contributed by atoms with Gasteiger partial charge < -0.3 is 5.11 Å². The summed E-state index contributed by atoms with van der Waals surface area (Å²) in [6.07, 6.45) is 10.6. The molecule has 0 spiro atoms. The van der Waals surface area contributed by atoms with Crippen molar-refractivity contribution in [2.45, 2.75) is 71.3 Å². The third-order valence-electron chi connectivity index (χ3n) is 5.30. The van der Waals surface area contributed by atoms with Gasteiger partial charge in [-0.15, -0.1) is 0 Å². The van der Waals surface area contributed by atoms with Gasteiger partial charge in [0.15, 0.2) is 0 Å². The third kappa shape index (κ3) is 2.45. The molecule has 0 saturated heterocycles. The van der Waals surface area contributed by atoms with Gasteiger partial charge >= 0.3 is 0 Å². The number of aliphatic hydroxyl groups excluding tert-OH is 1. The van der Waals surface area contributed by atoms with Crippen LogP contribution < -0.4 is 0 Å². The van der Waals surface area contributed by atoms with E-state index >= 15 is 0 Å². The zero-order chi connectivity index (χ0) is 11.5. The number of rotatable bonds is 3. The van der Waals surface area contributed by atoms with Gasteiger partial charge in [-0.3, -0.25) is 0 Å². The Balaban J connectivity index is 1.98. The lowest BCUT2D eigenvalue weighted by Crippen LogP contribution is -2.36. The molecule has 0 aliphatic heterocycles. The summed E-state index contributed by atoms with van der Waals surface area (Å²) in [5.41, 5.74) is 0. The zero-order valence-electron chi connectivity index (χ0n) is 11.0. The van der Waals surface area contributed by atoms with E-state index in [4.69, 9.17) is 0 Å². The van der Waals surface area contributed by atoms with Crippen LogP contribution in [0.3, 0.4) is 0 Å². The molecule has 5 unspecified atom stereocenters. The molecule has 0 radical (unpaired) electrons. The Labute approximate surface area is 101 Å². The van der Waals surface area contributed by atoms with E-state index in [0.29, 0.717) is 11.8 Å². The topological polar surface area (TPSA) is 20.2 Å². The van der Waals surface area contributed by atoms with Crippen LogP contribution >= 0.6 is 0 Å². The van der Waals surface area contributed by atoms with Crippen molar-refractivity contribution in [2.75, 3.05) is 0 Å². The van der Waals surface area contributed by atoms with Gasteiger partial charge in [-0.25, -0.2) is 0 Å². The van der Waals surface area contributed by atoms with Gasteiger partial charge in [0.05, 0.1) is 6.10 Å². The fourth-order valence-electron chi connectivity index (χ4n) is 4.19. The van der Waals surface area contributed by atoms with Crippen LogP contribution in [0.15, 0.2) is 0 Å². The van der Waals surface area contributed by atoms with E-state index in [9.17, 15) is 5.11 Å². The summed E-state index contributed by atoms with van der Waals surface area (Å²) < 4.78 is 0. The second-order valence-electron chi connectivity index (χ2n) is 6.18. The first-order valence-corrected chi connectivity index (χ1v) is 7.42. The van der Waals surface area contributed by atoms with E-state index in [-0.39, 0.29) is 6.10 Å². The first-order chi connectivity index (χ1) is 7.74. The summed E-state index contributed by atoms with van der Waals surface area (Å²) in [4.78, 5) is 0. The molecule has 2 fully saturated rings. The summed E-state index contributed by atoms with van der Waals surface area (Å²) in [5.74, 6) is 2.78. The van der Waals surface area contributed by atoms with Crippen LogP contribution in [0.2, 0.25) is 0 Å². The van der Waals surface area contributed by atoms with E-state index < -0.39 is 0 Å². The summed E-state index contributed by atoms with van der Waals surface area (Å²) in [7, 11) is 0. The van der Waals surface area contributed by atoms with Gasteiger partial charge in [-0.05, 0) is 36.5 Å². The Bertz CT molecular complexity index is 213. The fraction of sp³-hybridized carbons (Fsp3) is 1.00. The number of aliphatic hydroxyl groups is 1. The van der Waals surface area contributed by atoms with Crippen LogP contribution in [-0.2, 0) is 0 Å². The minimum Gasteiger partial charge on any atom is -0.393 e. The molecule has 16 heavy (non-hydrogen) atoms. The van der Waals surface area contributed by atoms with Crippen LogP contribution in [0, 0.1) is 23.7 Å². The highest BCUT2D eigenvalue weighted by Crippen LogP contribution is 2.42. The first kappa shape index (κ1) is 12.4. The summed E-state index contributed by atoms with van der Waals surface area (Å²) >= 11 is 0. The minimum absolute atomic E-state index is 0.00255. The van der Waals surface area contributed by atoms with Gasteiger partial charge in [-0.2, -0.15) is 0 Å². The Kier molecular flexibility index (Phi) is 4.29. The van der Waals surface area contributed by atoms with Crippen LogP contribution in [0.1, 0.15) is 65.2 Å². The smallest absolute Gasteiger partial charge is 0.0601 e. The molecule has 0 bridgehead atoms. The van der Waals surface area contributed by atoms with E-state index in [1.807, 2.05) is 0 Å². The SMILES string of the molecule is CCC1CCCCC1C(O)C1CCCC1C. The highest BCUT2D eigenvalue weighted by Gasteiger charge is 2.38. The van der Waals surface area contributed by atoms with Crippen LogP contribution in [0.5, 0.6) is 0 Å². The molecule has 0 amide bonds. The molecule has 94 valence electrons. The predicted octanol–water partition coefficient (Wildman–Crippen LogP) is 4.00. The van der Waals surface area contributed by atoms with Gasteiger partial charge in [0.1, 0.15) is 0 Å². The quantitative estimate of drug-likeness (QED) is 0.768. The molecular weight excluding hydrogens is 196 g/mol. The van der Waals surface area contributed by atoms with Crippen LogP contribution in [0.25, 0.3) is 0 Å². The summed E-state index contributed by atoms with van der Waals surface area (Å²) in [6, 6.07) is 0. The largest absolute Gasteiger partial charge is 0.393 e. The molecule has 0 aromatic carbocycles. The average molecular weight is 224 g/mol. The second-order valence-corrected chi connectivity index (χ2v) is 6.18. The van der Waals surface area contributed by atoms with Gasteiger partial charge in [0.25, 0.3) is 0 Å². The van der Waals surface area contributed by atoms with Gasteiger partial charge in [0, 0.05) is 0 Å². The van der Waals surface area contributed by atoms with E-state index in [2.05, 4.69) is 13.8 Å². The van der Waals surface area contributed by atoms with Crippen molar-refractivity contribution in [2.24, 2.45) is 23.7 Å². The van der Waals surface area contributed by atoms with Crippen molar-refractivity contribution in [1.82, 2.24) is 0 Å². The molecule has 5 atom stereocenters. The van der Waals surface area contributed by atoms with E-state index in [1.165, 1.54) is 51.4 Å². The molecule has 1 heteroatoms. The van der Waals surface area contributed by atoms with Crippen molar-refractivity contribution < 1.29 is 5.11 Å². The molecule has 1 nitrogen and oxygen atoms in total. The number of hydrogen-bond acceptors (Lipinski definition) is 1. The molecule has 0 heterocycles. The maximum absolute atomic E-state index is 10.6. The first-order valence-electron chi connectivity index (χ1n) is 7.42. The molecule has 0 aromatic rings. The van der Waals surface area contributed by atoms with Crippen molar-refractivity contribution in [3.63, 3.8) is 0 Å². The fourth-order valence-corrected chi connectivity index (χ4v) is 4.19. The third-order valence-corrected chi connectivity index (χ3v) is 5.30. The standard InChI is InChI=1S/C15H28O/c1-3-12-8-4-5-9-14(12)15(16)13-10-6-7-11(13)2/h11-16H,3-10H2,1-2H3. The molecule has 0 aromatic heterocycles. The number of hydrogen-bond donors (Lipinski definition) is 1. The van der Waals surface area contributed by atoms with Crippen molar-refractivity contribution in [3.05, 3.63) is 0 Å². The van der Waals surface area contributed by atoms with Gasteiger partial charge in [0.2, 0.25) is 0 Å². The van der Waals surface area contributed by atoms with Crippen molar-refractivity contribution in [3.8, 4) is 0 Å². The highest BCUT2D eigenvalue weighted by atomic mass is 16.3. The lowest BCUT2D eigenvalue weighted by Gasteiger charge is -2.38. The maximum atomic E-state index is 10.6. The monoisotopic (exact) mass is 224 g/mol. The molecule has 2 aliphatic rings. The molecule has 1 N–H and O–H groups in total. The second kappa shape index (κ2) is 5.53. The summed E-state index contributed by atoms with van der Waals surface area (Å²) in [6.45, 7) is 4.64. The average Bonchev–Trinajstić information content (AvgIpc) is 2.74. The Morgan fingerprint density at radius 1 is 1.00 bits per heavy atom. The Morgan fingerprint density at radius 3 is 2.31 bits per heavy atom. The van der Waals surface area contributed by atoms with Gasteiger partial charge in [-0.1, -0.05) is 52.4 Å². The lowest BCUT2D eigenvalue weighted by atomic mass is 9.70. The van der Waals surface area contributed by atoms with E-state index in [0.717, 1.165) is 11.8 Å². The van der Waals surface area contributed by atoms with E-state index in [1.54, 1.807) is 0 Å². The van der Waals surface area contributed by atoms with Crippen molar-refractivity contribution in [1.29, 1.82) is 0 Å². The highest BCUT2D eigenvalue weighted by molar-refractivity contribution is 4.88. The van der Waals surface area contributed by atoms with Crippen LogP contribution in [0.4, 0.5) is 0 Å². The zero-order valence-corrected chi connectivity index (χ0v) is 11.0. The minimum atomic E-state index is 0.00255. The van der Waals surface area contributed by atoms with Crippen molar-refractivity contribution >= 4 is 0 Å². The normalized spacial score (nSPS) is 42.2. The molecular formula is C15H28O. The summed E-state index contributed by atoms with van der Waals surface area (Å²) in [5, 5.41) is 10.6. The van der Waals surface area contributed by atoms with Crippen LogP contribution in [-0.4, -0.2) is 11.2 Å². The molecule has 2 rings (SSSR count). The molecule has 2 aliphatic carbocycles.